The lowest BCUT2D eigenvalue weighted by molar-refractivity contribution is 0.0696. The van der Waals surface area contributed by atoms with Crippen molar-refractivity contribution in [2.45, 2.75) is 34.3 Å². The number of aromatic carboxylic acids is 1. The van der Waals surface area contributed by atoms with Crippen LogP contribution < -0.4 is 0 Å². The molecule has 1 saturated carbocycles. The molecule has 3 aromatic rings. The van der Waals surface area contributed by atoms with Crippen LogP contribution in [0.25, 0.3) is 10.4 Å². The summed E-state index contributed by atoms with van der Waals surface area (Å²) in [6, 6.07) is 13.8. The third-order valence-corrected chi connectivity index (χ3v) is 9.29. The highest BCUT2D eigenvalue weighted by molar-refractivity contribution is 7.91. The van der Waals surface area contributed by atoms with Gasteiger partial charge in [0.05, 0.1) is 21.1 Å². The van der Waals surface area contributed by atoms with Crippen LogP contribution >= 0.6 is 11.3 Å². The van der Waals surface area contributed by atoms with E-state index in [-0.39, 0.29) is 26.8 Å². The highest BCUT2D eigenvalue weighted by atomic mass is 32.2. The van der Waals surface area contributed by atoms with Crippen molar-refractivity contribution in [1.82, 2.24) is 0 Å². The molecule has 1 N–H and O–H groups in total. The predicted molar refractivity (Wildman–Crippen MR) is 124 cm³/mol. The van der Waals surface area contributed by atoms with E-state index in [0.29, 0.717) is 20.9 Å². The normalized spacial score (nSPS) is 14.1. The lowest BCUT2D eigenvalue weighted by atomic mass is 10.1. The Bertz CT molecular complexity index is 1520. The SMILES string of the molecule is CS(=O)(=O)c1ccc(-c2ccc(C#N)s2)c(CS(=O)(=O)c2cc(C(=O)O)ccc2C2CC2)c1. The molecule has 0 bridgehead atoms. The molecule has 0 radical (unpaired) electrons. The summed E-state index contributed by atoms with van der Waals surface area (Å²) in [4.78, 5) is 12.5. The van der Waals surface area contributed by atoms with Gasteiger partial charge in [0.1, 0.15) is 10.9 Å². The molecule has 0 unspecified atom stereocenters. The molecule has 7 nitrogen and oxygen atoms in total. The van der Waals surface area contributed by atoms with Crippen molar-refractivity contribution in [2.75, 3.05) is 6.26 Å². The second-order valence-electron chi connectivity index (χ2n) is 7.96. The topological polar surface area (TPSA) is 129 Å². The number of thiophene rings is 1. The zero-order chi connectivity index (χ0) is 24.0. The Hall–Kier alpha value is -3.00. The molecule has 2 aromatic carbocycles. The smallest absolute Gasteiger partial charge is 0.335 e. The lowest BCUT2D eigenvalue weighted by Gasteiger charge is -2.14. The largest absolute Gasteiger partial charge is 0.478 e. The van der Waals surface area contributed by atoms with Crippen molar-refractivity contribution >= 4 is 37.0 Å². The van der Waals surface area contributed by atoms with E-state index in [1.807, 2.05) is 6.07 Å². The van der Waals surface area contributed by atoms with Gasteiger partial charge in [-0.05, 0) is 71.8 Å². The molecule has 1 heterocycles. The van der Waals surface area contributed by atoms with Crippen LogP contribution in [0, 0.1) is 11.3 Å². The minimum absolute atomic E-state index is 0.0183. The minimum atomic E-state index is -4.02. The maximum Gasteiger partial charge on any atom is 0.335 e. The van der Waals surface area contributed by atoms with E-state index in [1.165, 1.54) is 35.6 Å². The first-order chi connectivity index (χ1) is 15.5. The summed E-state index contributed by atoms with van der Waals surface area (Å²) < 4.78 is 51.4. The van der Waals surface area contributed by atoms with E-state index in [0.717, 1.165) is 19.1 Å². The molecule has 1 fully saturated rings. The van der Waals surface area contributed by atoms with E-state index >= 15 is 0 Å². The Morgan fingerprint density at radius 1 is 1.09 bits per heavy atom. The summed E-state index contributed by atoms with van der Waals surface area (Å²) in [5.74, 6) is -1.67. The number of hydrogen-bond acceptors (Lipinski definition) is 7. The molecule has 0 atom stereocenters. The Balaban J connectivity index is 1.86. The number of rotatable bonds is 7. The molecule has 33 heavy (non-hydrogen) atoms. The number of carbonyl (C=O) groups is 1. The van der Waals surface area contributed by atoms with Gasteiger partial charge in [-0.1, -0.05) is 12.1 Å². The molecule has 1 aliphatic rings. The maximum atomic E-state index is 13.5. The molecule has 4 rings (SSSR count). The molecule has 1 aromatic heterocycles. The van der Waals surface area contributed by atoms with Gasteiger partial charge in [0, 0.05) is 11.1 Å². The number of hydrogen-bond donors (Lipinski definition) is 1. The number of nitriles is 1. The van der Waals surface area contributed by atoms with Crippen LogP contribution in [0.2, 0.25) is 0 Å². The van der Waals surface area contributed by atoms with Crippen LogP contribution in [0.3, 0.4) is 0 Å². The van der Waals surface area contributed by atoms with Crippen molar-refractivity contribution in [2.24, 2.45) is 0 Å². The zero-order valence-electron chi connectivity index (χ0n) is 17.5. The van der Waals surface area contributed by atoms with E-state index in [1.54, 1.807) is 24.3 Å². The Labute approximate surface area is 195 Å². The number of carboxylic acid groups (broad SMARTS) is 1. The minimum Gasteiger partial charge on any atom is -0.478 e. The molecular formula is C23H19NO6S3. The fraction of sp³-hybridized carbons (Fsp3) is 0.217. The second-order valence-corrected chi connectivity index (χ2v) is 13.0. The molecule has 0 aliphatic heterocycles. The molecule has 0 saturated heterocycles. The molecule has 10 heteroatoms. The Kier molecular flexibility index (Phi) is 5.90. The molecule has 0 spiro atoms. The predicted octanol–water partition coefficient (Wildman–Crippen LogP) is 4.24. The van der Waals surface area contributed by atoms with Crippen LogP contribution in [0.1, 0.15) is 45.1 Å². The van der Waals surface area contributed by atoms with E-state index in [4.69, 9.17) is 5.26 Å². The van der Waals surface area contributed by atoms with Gasteiger partial charge in [-0.3, -0.25) is 0 Å². The quantitative estimate of drug-likeness (QED) is 0.512. The van der Waals surface area contributed by atoms with Gasteiger partial charge in [0.2, 0.25) is 0 Å². The summed E-state index contributed by atoms with van der Waals surface area (Å²) in [7, 11) is -7.61. The van der Waals surface area contributed by atoms with Crippen LogP contribution in [0.5, 0.6) is 0 Å². The summed E-state index contributed by atoms with van der Waals surface area (Å²) >= 11 is 1.18. The number of benzene rings is 2. The van der Waals surface area contributed by atoms with Gasteiger partial charge < -0.3 is 5.11 Å². The van der Waals surface area contributed by atoms with Crippen LogP contribution in [-0.2, 0) is 25.4 Å². The van der Waals surface area contributed by atoms with Crippen LogP contribution in [0.4, 0.5) is 0 Å². The highest BCUT2D eigenvalue weighted by Crippen LogP contribution is 2.44. The number of carboxylic acids is 1. The van der Waals surface area contributed by atoms with E-state index in [2.05, 4.69) is 0 Å². The van der Waals surface area contributed by atoms with Gasteiger partial charge in [-0.2, -0.15) is 5.26 Å². The standard InChI is InChI=1S/C23H19NO6S3/c1-32(27,28)18-6-8-19(21-9-5-17(12-24)31-21)16(10-18)13-33(29,30)22-11-15(23(25)26)4-7-20(22)14-2-3-14/h4-11,14H,2-3,13H2,1H3,(H,25,26). The average Bonchev–Trinajstić information content (AvgIpc) is 3.49. The summed E-state index contributed by atoms with van der Waals surface area (Å²) in [6.45, 7) is 0. The maximum absolute atomic E-state index is 13.5. The summed E-state index contributed by atoms with van der Waals surface area (Å²) in [5.41, 5.74) is 1.25. The average molecular weight is 502 g/mol. The lowest BCUT2D eigenvalue weighted by Crippen LogP contribution is -2.11. The third kappa shape index (κ3) is 4.85. The Morgan fingerprint density at radius 2 is 1.82 bits per heavy atom. The molecule has 170 valence electrons. The first-order valence-corrected chi connectivity index (χ1v) is 14.3. The zero-order valence-corrected chi connectivity index (χ0v) is 19.9. The highest BCUT2D eigenvalue weighted by Gasteiger charge is 2.32. The monoisotopic (exact) mass is 501 g/mol. The van der Waals surface area contributed by atoms with E-state index in [9.17, 15) is 26.7 Å². The number of sulfone groups is 2. The van der Waals surface area contributed by atoms with Gasteiger partial charge in [-0.15, -0.1) is 11.3 Å². The third-order valence-electron chi connectivity index (χ3n) is 5.44. The van der Waals surface area contributed by atoms with Crippen molar-refractivity contribution in [3.8, 4) is 16.5 Å². The van der Waals surface area contributed by atoms with Gasteiger partial charge in [-0.25, -0.2) is 21.6 Å². The summed E-state index contributed by atoms with van der Waals surface area (Å²) in [6.07, 6.45) is 2.70. The Morgan fingerprint density at radius 3 is 2.39 bits per heavy atom. The second kappa shape index (κ2) is 8.41. The van der Waals surface area contributed by atoms with Crippen molar-refractivity contribution < 1.29 is 26.7 Å². The number of nitrogens with zero attached hydrogens (tertiary/aromatic N) is 1. The van der Waals surface area contributed by atoms with Crippen LogP contribution in [0.15, 0.2) is 58.3 Å². The van der Waals surface area contributed by atoms with Gasteiger partial charge >= 0.3 is 5.97 Å². The van der Waals surface area contributed by atoms with Gasteiger partial charge in [0.25, 0.3) is 0 Å². The fourth-order valence-corrected chi connectivity index (χ4v) is 6.89. The molecule has 1 aliphatic carbocycles. The van der Waals surface area contributed by atoms with E-state index < -0.39 is 31.4 Å². The van der Waals surface area contributed by atoms with Crippen molar-refractivity contribution in [3.63, 3.8) is 0 Å². The van der Waals surface area contributed by atoms with Crippen molar-refractivity contribution in [3.05, 3.63) is 70.1 Å². The van der Waals surface area contributed by atoms with Gasteiger partial charge in [0.15, 0.2) is 19.7 Å². The molecule has 0 amide bonds. The first-order valence-electron chi connectivity index (χ1n) is 9.93. The van der Waals surface area contributed by atoms with Crippen molar-refractivity contribution in [1.29, 1.82) is 5.26 Å². The fourth-order valence-electron chi connectivity index (χ4n) is 3.65. The molecular weight excluding hydrogens is 482 g/mol. The van der Waals surface area contributed by atoms with Crippen LogP contribution in [-0.4, -0.2) is 34.2 Å². The summed E-state index contributed by atoms with van der Waals surface area (Å²) in [5, 5.41) is 18.5. The first kappa shape index (κ1) is 23.2.